The summed E-state index contributed by atoms with van der Waals surface area (Å²) in [6, 6.07) is 4.11. The lowest BCUT2D eigenvalue weighted by Gasteiger charge is -2.26. The summed E-state index contributed by atoms with van der Waals surface area (Å²) in [5.41, 5.74) is 9.48. The van der Waals surface area contributed by atoms with E-state index in [4.69, 9.17) is 9.97 Å². The van der Waals surface area contributed by atoms with Crippen molar-refractivity contribution >= 4 is 49.6 Å². The molecule has 1 unspecified atom stereocenters. The lowest BCUT2D eigenvalue weighted by Crippen LogP contribution is -2.31. The van der Waals surface area contributed by atoms with E-state index in [0.29, 0.717) is 11.5 Å². The average molecular weight is 550 g/mol. The van der Waals surface area contributed by atoms with Crippen LogP contribution in [0.25, 0.3) is 44.7 Å². The molecule has 4 aromatic heterocycles. The minimum Gasteiger partial charge on any atom is -0.335 e. The molecule has 6 heterocycles. The standard InChI is InChI=1S/C32H35N7S/c1-5-21(2)15-24(16-22(3)19-39-12-7-6-8-13-39)26-9-10-27-30(34-26)31(38-37-27)32-35-28-18-33-17-25(29(28)36-32)23-11-14-40(4)20-23/h5,9-11,14-18,20-21H,1,4,6-8,12-13,19H2,2-3H3,(H,35,36)(H,37,38)/b22-16+,24-15+/t21-,40?/m0/s1. The molecule has 0 spiro atoms. The van der Waals surface area contributed by atoms with E-state index in [2.05, 4.69) is 86.5 Å². The predicted octanol–water partition coefficient (Wildman–Crippen LogP) is 7.10. The number of H-pyrrole nitrogens is 2. The first-order chi connectivity index (χ1) is 19.5. The number of nitrogens with one attached hydrogen (secondary N) is 2. The smallest absolute Gasteiger partial charge is 0.161 e. The number of hydrogen-bond donors (Lipinski definition) is 2. The zero-order chi connectivity index (χ0) is 27.6. The Morgan fingerprint density at radius 1 is 1.12 bits per heavy atom. The largest absolute Gasteiger partial charge is 0.335 e. The van der Waals surface area contributed by atoms with Gasteiger partial charge in [0.05, 0.1) is 22.9 Å². The summed E-state index contributed by atoms with van der Waals surface area (Å²) >= 11 is 0. The van der Waals surface area contributed by atoms with Gasteiger partial charge in [-0.2, -0.15) is 5.10 Å². The molecule has 0 bridgehead atoms. The normalized spacial score (nSPS) is 19.4. The molecule has 0 radical (unpaired) electrons. The van der Waals surface area contributed by atoms with Gasteiger partial charge in [-0.25, -0.2) is 9.97 Å². The van der Waals surface area contributed by atoms with Crippen molar-refractivity contribution in [2.75, 3.05) is 19.6 Å². The molecule has 0 amide bonds. The SMILES string of the molecule is C=C[C@H](C)/C=C(\C=C(/C)CN1CCCCC1)c1ccc2[nH]nc(-c3nc4c(C5=CS(=C)C=C5)cncc4[nH]3)c2n1. The van der Waals surface area contributed by atoms with Crippen molar-refractivity contribution in [1.82, 2.24) is 35.0 Å². The van der Waals surface area contributed by atoms with Crippen LogP contribution in [0, 0.1) is 5.92 Å². The highest BCUT2D eigenvalue weighted by Crippen LogP contribution is 2.35. The summed E-state index contributed by atoms with van der Waals surface area (Å²) in [6.45, 7) is 11.7. The Hall–Kier alpha value is -3.88. The summed E-state index contributed by atoms with van der Waals surface area (Å²) in [6.07, 6.45) is 16.2. The third-order valence-electron chi connectivity index (χ3n) is 7.47. The van der Waals surface area contributed by atoms with E-state index in [1.807, 2.05) is 18.3 Å². The zero-order valence-electron chi connectivity index (χ0n) is 23.2. The van der Waals surface area contributed by atoms with E-state index in [-0.39, 0.29) is 16.4 Å². The van der Waals surface area contributed by atoms with Gasteiger partial charge >= 0.3 is 0 Å². The number of hydrogen-bond acceptors (Lipinski definition) is 5. The van der Waals surface area contributed by atoms with Crippen molar-refractivity contribution in [3.63, 3.8) is 0 Å². The van der Waals surface area contributed by atoms with Gasteiger partial charge in [0, 0.05) is 18.3 Å². The third-order valence-corrected chi connectivity index (χ3v) is 8.51. The summed E-state index contributed by atoms with van der Waals surface area (Å²) in [4.78, 5) is 20.5. The maximum Gasteiger partial charge on any atom is 0.161 e. The molecule has 8 heteroatoms. The lowest BCUT2D eigenvalue weighted by molar-refractivity contribution is 0.246. The molecule has 1 saturated heterocycles. The molecule has 40 heavy (non-hydrogen) atoms. The second-order valence-corrected chi connectivity index (χ2v) is 12.2. The van der Waals surface area contributed by atoms with Crippen LogP contribution in [-0.2, 0) is 0 Å². The van der Waals surface area contributed by atoms with Gasteiger partial charge in [-0.05, 0) is 78.9 Å². The van der Waals surface area contributed by atoms with Crippen LogP contribution in [0.5, 0.6) is 0 Å². The minimum absolute atomic E-state index is 0.112. The molecule has 2 N–H and O–H groups in total. The van der Waals surface area contributed by atoms with Crippen LogP contribution in [0.3, 0.4) is 0 Å². The number of piperidine rings is 1. The average Bonchev–Trinajstić information content (AvgIpc) is 3.70. The second kappa shape index (κ2) is 11.3. The molecule has 0 saturated carbocycles. The molecule has 204 valence electrons. The first-order valence-electron chi connectivity index (χ1n) is 13.8. The van der Waals surface area contributed by atoms with Crippen molar-refractivity contribution in [3.8, 4) is 11.5 Å². The Bertz CT molecular complexity index is 1730. The number of pyridine rings is 2. The van der Waals surface area contributed by atoms with Gasteiger partial charge in [-0.15, -0.1) is 17.1 Å². The molecule has 2 aliphatic rings. The lowest BCUT2D eigenvalue weighted by atomic mass is 10.0. The Morgan fingerprint density at radius 3 is 2.75 bits per heavy atom. The topological polar surface area (TPSA) is 86.4 Å². The Labute approximate surface area is 237 Å². The molecule has 4 aromatic rings. The molecule has 6 rings (SSSR count). The van der Waals surface area contributed by atoms with Gasteiger partial charge in [0.25, 0.3) is 0 Å². The van der Waals surface area contributed by atoms with E-state index < -0.39 is 0 Å². The van der Waals surface area contributed by atoms with E-state index >= 15 is 0 Å². The van der Waals surface area contributed by atoms with E-state index in [1.54, 1.807) is 6.20 Å². The summed E-state index contributed by atoms with van der Waals surface area (Å²) in [5.74, 6) is 5.02. The van der Waals surface area contributed by atoms with Crippen LogP contribution in [0.1, 0.15) is 44.4 Å². The van der Waals surface area contributed by atoms with Crippen LogP contribution in [0.4, 0.5) is 0 Å². The highest BCUT2D eigenvalue weighted by atomic mass is 32.2. The van der Waals surface area contributed by atoms with Crippen molar-refractivity contribution < 1.29 is 0 Å². The number of imidazole rings is 1. The third kappa shape index (κ3) is 5.42. The molecular formula is C32H35N7S. The van der Waals surface area contributed by atoms with Gasteiger partial charge in [0.2, 0.25) is 0 Å². The number of nitrogens with zero attached hydrogens (tertiary/aromatic N) is 5. The number of rotatable bonds is 8. The van der Waals surface area contributed by atoms with Crippen LogP contribution in [0.2, 0.25) is 0 Å². The number of aromatic amines is 2. The predicted molar refractivity (Wildman–Crippen MR) is 170 cm³/mol. The summed E-state index contributed by atoms with van der Waals surface area (Å²) in [7, 11) is -0.112. The van der Waals surface area contributed by atoms with E-state index in [0.717, 1.165) is 51.0 Å². The fourth-order valence-electron chi connectivity index (χ4n) is 5.38. The first kappa shape index (κ1) is 26.3. The molecule has 0 aliphatic carbocycles. The fraction of sp³-hybridized carbons (Fsp3) is 0.281. The molecule has 0 aromatic carbocycles. The fourth-order valence-corrected chi connectivity index (χ4v) is 6.31. The number of likely N-dealkylation sites (tertiary alicyclic amines) is 1. The highest BCUT2D eigenvalue weighted by Gasteiger charge is 2.18. The zero-order valence-corrected chi connectivity index (χ0v) is 24.0. The monoisotopic (exact) mass is 549 g/mol. The maximum atomic E-state index is 5.12. The summed E-state index contributed by atoms with van der Waals surface area (Å²) in [5, 5.41) is 12.0. The van der Waals surface area contributed by atoms with Gasteiger partial charge in [-0.3, -0.25) is 15.0 Å². The van der Waals surface area contributed by atoms with Gasteiger partial charge in [-0.1, -0.05) is 43.0 Å². The number of allylic oxidation sites excluding steroid dienone is 6. The van der Waals surface area contributed by atoms with E-state index in [9.17, 15) is 0 Å². The van der Waals surface area contributed by atoms with Crippen LogP contribution < -0.4 is 0 Å². The summed E-state index contributed by atoms with van der Waals surface area (Å²) < 4.78 is 0. The molecule has 2 aliphatic heterocycles. The highest BCUT2D eigenvalue weighted by molar-refractivity contribution is 8.19. The van der Waals surface area contributed by atoms with Crippen LogP contribution >= 0.6 is 10.5 Å². The second-order valence-electron chi connectivity index (χ2n) is 10.7. The quantitative estimate of drug-likeness (QED) is 0.139. The molecule has 1 fully saturated rings. The minimum atomic E-state index is -0.112. The molecule has 7 nitrogen and oxygen atoms in total. The number of fused-ring (bicyclic) bond motifs is 2. The van der Waals surface area contributed by atoms with Crippen LogP contribution in [0.15, 0.2) is 71.8 Å². The van der Waals surface area contributed by atoms with Crippen molar-refractivity contribution in [3.05, 3.63) is 83.1 Å². The van der Waals surface area contributed by atoms with Gasteiger partial charge < -0.3 is 4.98 Å². The van der Waals surface area contributed by atoms with Crippen molar-refractivity contribution in [2.24, 2.45) is 5.92 Å². The molecular weight excluding hydrogens is 514 g/mol. The van der Waals surface area contributed by atoms with Crippen LogP contribution in [-0.4, -0.2) is 60.5 Å². The Balaban J connectivity index is 1.39. The number of aromatic nitrogens is 6. The van der Waals surface area contributed by atoms with Gasteiger partial charge in [0.1, 0.15) is 11.0 Å². The van der Waals surface area contributed by atoms with Crippen molar-refractivity contribution in [1.29, 1.82) is 0 Å². The first-order valence-corrected chi connectivity index (χ1v) is 15.4. The van der Waals surface area contributed by atoms with Gasteiger partial charge in [0.15, 0.2) is 11.5 Å². The Morgan fingerprint density at radius 2 is 1.98 bits per heavy atom. The Kier molecular flexibility index (Phi) is 7.45. The van der Waals surface area contributed by atoms with E-state index in [1.165, 1.54) is 37.9 Å². The maximum absolute atomic E-state index is 5.12. The molecule has 2 atom stereocenters. The van der Waals surface area contributed by atoms with Crippen molar-refractivity contribution in [2.45, 2.75) is 33.1 Å².